The van der Waals surface area contributed by atoms with E-state index in [0.717, 1.165) is 59.6 Å². The van der Waals surface area contributed by atoms with E-state index in [1.807, 2.05) is 77.2 Å². The van der Waals surface area contributed by atoms with Crippen molar-refractivity contribution in [2.24, 2.45) is 0 Å². The first kappa shape index (κ1) is 29.8. The molecule has 0 saturated carbocycles. The Labute approximate surface area is 256 Å². The van der Waals surface area contributed by atoms with Gasteiger partial charge < -0.3 is 28.4 Å². The van der Waals surface area contributed by atoms with Gasteiger partial charge in [0.15, 0.2) is 12.1 Å². The van der Waals surface area contributed by atoms with Crippen molar-refractivity contribution in [3.63, 3.8) is 0 Å². The number of carboxylic acid groups (broad SMARTS) is 1. The molecule has 2 aliphatic heterocycles. The van der Waals surface area contributed by atoms with E-state index in [1.165, 1.54) is 0 Å². The molecule has 0 aliphatic carbocycles. The number of aliphatic carboxylic acids is 1. The molecule has 2 aromatic heterocycles. The zero-order chi connectivity index (χ0) is 30.3. The van der Waals surface area contributed by atoms with Crippen LogP contribution in [0.2, 0.25) is 0 Å². The predicted molar refractivity (Wildman–Crippen MR) is 161 cm³/mol. The molecule has 0 bridgehead atoms. The van der Waals surface area contributed by atoms with Gasteiger partial charge in [0.2, 0.25) is 0 Å². The molecular weight excluding hydrogens is 560 g/mol. The smallest absolute Gasteiger partial charge is 0.323 e. The number of carboxylic acids is 1. The molecule has 4 heterocycles. The highest BCUT2D eigenvalue weighted by molar-refractivity contribution is 5.73. The fraction of sp³-hybridized carbons (Fsp3) is 0.382. The Hall–Kier alpha value is -4.27. The van der Waals surface area contributed by atoms with Gasteiger partial charge in [0.1, 0.15) is 23.7 Å². The second-order valence-electron chi connectivity index (χ2n) is 11.1. The lowest BCUT2D eigenvalue weighted by molar-refractivity contribution is -0.188. The summed E-state index contributed by atoms with van der Waals surface area (Å²) in [4.78, 5) is 18.0. The minimum absolute atomic E-state index is 0.184. The van der Waals surface area contributed by atoms with Crippen LogP contribution < -0.4 is 0 Å². The number of nitrogens with zero attached hydrogens (tertiary/aromatic N) is 4. The molecule has 0 amide bonds. The van der Waals surface area contributed by atoms with E-state index in [-0.39, 0.29) is 19.0 Å². The lowest BCUT2D eigenvalue weighted by atomic mass is 10.1. The van der Waals surface area contributed by atoms with Crippen LogP contribution in [-0.4, -0.2) is 69.4 Å². The summed E-state index contributed by atoms with van der Waals surface area (Å²) < 4.78 is 24.8. The van der Waals surface area contributed by atoms with Crippen LogP contribution in [0.4, 0.5) is 0 Å². The molecule has 3 atom stereocenters. The first-order valence-corrected chi connectivity index (χ1v) is 15.0. The van der Waals surface area contributed by atoms with Gasteiger partial charge in [-0.1, -0.05) is 29.1 Å². The first-order chi connectivity index (χ1) is 21.5. The van der Waals surface area contributed by atoms with Gasteiger partial charge in [0.05, 0.1) is 19.8 Å². The van der Waals surface area contributed by atoms with Crippen LogP contribution in [0, 0.1) is 11.8 Å². The molecule has 10 nitrogen and oxygen atoms in total. The highest BCUT2D eigenvalue weighted by Gasteiger charge is 2.29. The van der Waals surface area contributed by atoms with Gasteiger partial charge in [-0.2, -0.15) is 0 Å². The van der Waals surface area contributed by atoms with Gasteiger partial charge >= 0.3 is 5.97 Å². The first-order valence-electron chi connectivity index (χ1n) is 15.0. The third-order valence-corrected chi connectivity index (χ3v) is 7.88. The number of ether oxygens (including phenoxy) is 3. The van der Waals surface area contributed by atoms with Crippen molar-refractivity contribution in [1.82, 2.24) is 19.6 Å². The largest absolute Gasteiger partial charge is 0.480 e. The Balaban J connectivity index is 1.04. The molecule has 6 rings (SSSR count). The number of imidazole rings is 1. The third kappa shape index (κ3) is 7.44. The fourth-order valence-electron chi connectivity index (χ4n) is 5.46. The summed E-state index contributed by atoms with van der Waals surface area (Å²) in [6, 6.07) is 17.1. The number of hydrogen-bond acceptors (Lipinski definition) is 8. The van der Waals surface area contributed by atoms with Gasteiger partial charge in [-0.15, -0.1) is 0 Å². The lowest BCUT2D eigenvalue weighted by Gasteiger charge is -2.32. The molecule has 2 saturated heterocycles. The zero-order valence-corrected chi connectivity index (χ0v) is 24.7. The van der Waals surface area contributed by atoms with Crippen molar-refractivity contribution in [2.75, 3.05) is 26.4 Å². The third-order valence-electron chi connectivity index (χ3n) is 7.88. The van der Waals surface area contributed by atoms with Gasteiger partial charge in [0.25, 0.3) is 0 Å². The number of hydrogen-bond donors (Lipinski definition) is 1. The molecule has 0 spiro atoms. The number of carbonyl (C=O) groups is 1. The molecule has 1 N–H and O–H groups in total. The van der Waals surface area contributed by atoms with E-state index in [1.54, 1.807) is 6.20 Å². The molecule has 2 aromatic carbocycles. The number of aromatic nitrogens is 3. The second-order valence-corrected chi connectivity index (χ2v) is 11.1. The van der Waals surface area contributed by atoms with Crippen molar-refractivity contribution in [2.45, 2.75) is 57.7 Å². The van der Waals surface area contributed by atoms with Crippen molar-refractivity contribution in [3.8, 4) is 23.2 Å². The summed E-state index contributed by atoms with van der Waals surface area (Å²) >= 11 is 0. The second kappa shape index (κ2) is 14.0. The highest BCUT2D eigenvalue weighted by Crippen LogP contribution is 2.25. The summed E-state index contributed by atoms with van der Waals surface area (Å²) in [5.41, 5.74) is 4.52. The molecule has 10 heteroatoms. The maximum absolute atomic E-state index is 11.5. The SMILES string of the molecule is CC(OC1CCCCO1)c1nccn1Cc1cc(-c2ccc(C#Cc3ccc(CN4CCOCC4C(=O)O)cc3)cc2)on1. The zero-order valence-electron chi connectivity index (χ0n) is 24.7. The molecule has 2 aliphatic rings. The number of morpholine rings is 1. The van der Waals surface area contributed by atoms with Crippen molar-refractivity contribution >= 4 is 5.97 Å². The molecule has 0 radical (unpaired) electrons. The van der Waals surface area contributed by atoms with Crippen molar-refractivity contribution < 1.29 is 28.6 Å². The van der Waals surface area contributed by atoms with E-state index in [0.29, 0.717) is 32.0 Å². The maximum atomic E-state index is 11.5. The predicted octanol–water partition coefficient (Wildman–Crippen LogP) is 4.88. The molecule has 2 fully saturated rings. The number of rotatable bonds is 9. The summed E-state index contributed by atoms with van der Waals surface area (Å²) in [7, 11) is 0. The van der Waals surface area contributed by atoms with E-state index in [4.69, 9.17) is 18.7 Å². The average Bonchev–Trinajstić information content (AvgIpc) is 3.72. The normalized spacial score (nSPS) is 19.7. The standard InChI is InChI=1S/C34H36N4O6/c1-24(43-32-4-2-3-18-42-32)33-35-15-16-38(33)22-29-20-31(44-36-29)28-13-11-26(12-14-28)6-5-25-7-9-27(10-8-25)21-37-17-19-41-23-30(37)34(39)40/h7-16,20,24,30,32H,2-4,17-19,21-23H2,1H3,(H,39,40). The molecule has 44 heavy (non-hydrogen) atoms. The highest BCUT2D eigenvalue weighted by atomic mass is 16.7. The van der Waals surface area contributed by atoms with Gasteiger partial charge in [0, 0.05) is 54.8 Å². The van der Waals surface area contributed by atoms with E-state index >= 15 is 0 Å². The summed E-state index contributed by atoms with van der Waals surface area (Å²) in [5.74, 6) is 7.07. The van der Waals surface area contributed by atoms with Crippen LogP contribution in [0.3, 0.4) is 0 Å². The van der Waals surface area contributed by atoms with Gasteiger partial charge in [-0.3, -0.25) is 9.69 Å². The quantitative estimate of drug-likeness (QED) is 0.270. The van der Waals surface area contributed by atoms with Crippen LogP contribution in [0.5, 0.6) is 0 Å². The number of benzene rings is 2. The average molecular weight is 597 g/mol. The molecule has 228 valence electrons. The van der Waals surface area contributed by atoms with Crippen LogP contribution in [-0.2, 0) is 32.1 Å². The Morgan fingerprint density at radius 1 is 1.07 bits per heavy atom. The Morgan fingerprint density at radius 2 is 1.84 bits per heavy atom. The molecular formula is C34H36N4O6. The van der Waals surface area contributed by atoms with E-state index in [9.17, 15) is 9.90 Å². The Kier molecular flexibility index (Phi) is 9.48. The Bertz CT molecular complexity index is 1590. The van der Waals surface area contributed by atoms with Crippen LogP contribution in [0.25, 0.3) is 11.3 Å². The van der Waals surface area contributed by atoms with Crippen molar-refractivity contribution in [1.29, 1.82) is 0 Å². The van der Waals surface area contributed by atoms with E-state index < -0.39 is 12.0 Å². The maximum Gasteiger partial charge on any atom is 0.323 e. The van der Waals surface area contributed by atoms with Crippen LogP contribution in [0.15, 0.2) is 71.5 Å². The minimum Gasteiger partial charge on any atom is -0.480 e. The lowest BCUT2D eigenvalue weighted by Crippen LogP contribution is -2.49. The monoisotopic (exact) mass is 596 g/mol. The Morgan fingerprint density at radius 3 is 2.57 bits per heavy atom. The fourth-order valence-corrected chi connectivity index (χ4v) is 5.46. The van der Waals surface area contributed by atoms with Gasteiger partial charge in [-0.25, -0.2) is 4.98 Å². The summed E-state index contributed by atoms with van der Waals surface area (Å²) in [6.45, 7) is 5.17. The van der Waals surface area contributed by atoms with Crippen LogP contribution >= 0.6 is 0 Å². The minimum atomic E-state index is -0.855. The van der Waals surface area contributed by atoms with Crippen LogP contribution in [0.1, 0.15) is 60.5 Å². The topological polar surface area (TPSA) is 112 Å². The van der Waals surface area contributed by atoms with Gasteiger partial charge in [-0.05, 0) is 68.1 Å². The van der Waals surface area contributed by atoms with E-state index in [2.05, 4.69) is 22.0 Å². The summed E-state index contributed by atoms with van der Waals surface area (Å²) in [6.07, 6.45) is 6.41. The molecule has 3 unspecified atom stereocenters. The van der Waals surface area contributed by atoms with Crippen molar-refractivity contribution in [3.05, 3.63) is 95.2 Å². The summed E-state index contributed by atoms with van der Waals surface area (Å²) in [5, 5.41) is 13.7. The molecule has 4 aromatic rings.